The van der Waals surface area contributed by atoms with E-state index >= 15 is 8.78 Å². The lowest BCUT2D eigenvalue weighted by Gasteiger charge is -2.28. The standard InChI is InChI=1S/C34H34BrF2N5O2/c1-6-33(2,3)43-16-8-14-34(4,21-9-7-10-22(35)17-21)32-40-31(42(5)41-32)25-18-23(11-12-27(25)36)44-30-26(20-38)24-13-15-39-29(24)19-28(30)37/h1,7,9-13,15,17-19,39H,8,14,16,20,38H2,2-5H3. The summed E-state index contributed by atoms with van der Waals surface area (Å²) in [4.78, 5) is 7.85. The molecule has 0 saturated carbocycles. The summed E-state index contributed by atoms with van der Waals surface area (Å²) in [6.45, 7) is 6.27. The van der Waals surface area contributed by atoms with Gasteiger partial charge in [0.1, 0.15) is 17.2 Å². The number of nitrogens with one attached hydrogen (secondary N) is 1. The van der Waals surface area contributed by atoms with E-state index in [-0.39, 0.29) is 23.6 Å². The van der Waals surface area contributed by atoms with Gasteiger partial charge in [0, 0.05) is 53.4 Å². The van der Waals surface area contributed by atoms with E-state index in [0.717, 1.165) is 15.4 Å². The number of aromatic amines is 1. The van der Waals surface area contributed by atoms with E-state index in [9.17, 15) is 0 Å². The van der Waals surface area contributed by atoms with Crippen LogP contribution in [0, 0.1) is 24.0 Å². The Morgan fingerprint density at radius 1 is 1.09 bits per heavy atom. The Labute approximate surface area is 263 Å². The van der Waals surface area contributed by atoms with Gasteiger partial charge in [0.25, 0.3) is 0 Å². The minimum atomic E-state index is -0.672. The zero-order chi connectivity index (χ0) is 31.6. The van der Waals surface area contributed by atoms with Gasteiger partial charge in [-0.05, 0) is 75.6 Å². The number of hydrogen-bond acceptors (Lipinski definition) is 5. The van der Waals surface area contributed by atoms with Gasteiger partial charge < -0.3 is 20.2 Å². The molecule has 3 aromatic carbocycles. The highest BCUT2D eigenvalue weighted by Crippen LogP contribution is 2.39. The molecule has 228 valence electrons. The number of nitrogens with zero attached hydrogens (tertiary/aromatic N) is 3. The van der Waals surface area contributed by atoms with Gasteiger partial charge in [0.15, 0.2) is 23.2 Å². The third kappa shape index (κ3) is 6.27. The molecule has 0 radical (unpaired) electrons. The molecule has 2 aromatic heterocycles. The molecule has 0 amide bonds. The Hall–Kier alpha value is -4.04. The van der Waals surface area contributed by atoms with Crippen LogP contribution in [0.4, 0.5) is 8.78 Å². The molecule has 1 atom stereocenters. The second-order valence-electron chi connectivity index (χ2n) is 11.4. The molecular formula is C34H34BrF2N5O2. The first-order chi connectivity index (χ1) is 21.0. The van der Waals surface area contributed by atoms with Gasteiger partial charge in [-0.3, -0.25) is 0 Å². The van der Waals surface area contributed by atoms with Crippen molar-refractivity contribution in [3.8, 4) is 35.2 Å². The molecule has 5 aromatic rings. The van der Waals surface area contributed by atoms with E-state index in [1.807, 2.05) is 44.2 Å². The van der Waals surface area contributed by atoms with E-state index in [2.05, 4.69) is 33.8 Å². The van der Waals surface area contributed by atoms with Crippen molar-refractivity contribution in [1.82, 2.24) is 19.7 Å². The number of rotatable bonds is 11. The minimum Gasteiger partial charge on any atom is -0.454 e. The Bertz CT molecular complexity index is 1860. The lowest BCUT2D eigenvalue weighted by atomic mass is 9.78. The van der Waals surface area contributed by atoms with Crippen LogP contribution >= 0.6 is 15.9 Å². The first kappa shape index (κ1) is 31.4. The summed E-state index contributed by atoms with van der Waals surface area (Å²) in [5.74, 6) is 2.60. The van der Waals surface area contributed by atoms with E-state index < -0.39 is 22.7 Å². The quantitative estimate of drug-likeness (QED) is 0.111. The van der Waals surface area contributed by atoms with Crippen molar-refractivity contribution in [1.29, 1.82) is 0 Å². The predicted molar refractivity (Wildman–Crippen MR) is 171 cm³/mol. The maximum Gasteiger partial charge on any atom is 0.168 e. The van der Waals surface area contributed by atoms with Gasteiger partial charge >= 0.3 is 0 Å². The average molecular weight is 663 g/mol. The molecule has 0 spiro atoms. The number of halogens is 3. The van der Waals surface area contributed by atoms with E-state index in [1.54, 1.807) is 17.9 Å². The Morgan fingerprint density at radius 2 is 1.89 bits per heavy atom. The van der Waals surface area contributed by atoms with Crippen molar-refractivity contribution in [3.63, 3.8) is 0 Å². The van der Waals surface area contributed by atoms with E-state index in [1.165, 1.54) is 24.3 Å². The number of ether oxygens (including phenoxy) is 2. The van der Waals surface area contributed by atoms with Crippen LogP contribution in [0.3, 0.4) is 0 Å². The van der Waals surface area contributed by atoms with Crippen molar-refractivity contribution >= 4 is 26.8 Å². The Balaban J connectivity index is 1.50. The predicted octanol–water partition coefficient (Wildman–Crippen LogP) is 7.77. The SMILES string of the molecule is C#CC(C)(C)OCCCC(C)(c1cccc(Br)c1)c1nc(-c2cc(Oc3c(F)cc4[nH]ccc4c3CN)ccc2F)n(C)n1. The highest BCUT2D eigenvalue weighted by Gasteiger charge is 2.34. The van der Waals surface area contributed by atoms with Crippen molar-refractivity contribution < 1.29 is 18.3 Å². The van der Waals surface area contributed by atoms with Crippen LogP contribution in [0.2, 0.25) is 0 Å². The zero-order valence-electron chi connectivity index (χ0n) is 25.0. The molecule has 1 unspecified atom stereocenters. The van der Waals surface area contributed by atoms with Gasteiger partial charge in [-0.15, -0.1) is 6.42 Å². The second-order valence-corrected chi connectivity index (χ2v) is 12.3. The monoisotopic (exact) mass is 661 g/mol. The third-order valence-corrected chi connectivity index (χ3v) is 8.31. The summed E-state index contributed by atoms with van der Waals surface area (Å²) >= 11 is 3.58. The van der Waals surface area contributed by atoms with E-state index in [4.69, 9.17) is 31.7 Å². The lowest BCUT2D eigenvalue weighted by molar-refractivity contribution is 0.0233. The normalized spacial score (nSPS) is 13.2. The topological polar surface area (TPSA) is 91.0 Å². The van der Waals surface area contributed by atoms with Gasteiger partial charge in [0.2, 0.25) is 0 Å². The molecule has 0 aliphatic carbocycles. The summed E-state index contributed by atoms with van der Waals surface area (Å²) in [5.41, 5.74) is 6.93. The zero-order valence-corrected chi connectivity index (χ0v) is 26.6. The van der Waals surface area contributed by atoms with Crippen LogP contribution in [0.1, 0.15) is 50.6 Å². The molecular weight excluding hydrogens is 628 g/mol. The fourth-order valence-corrected chi connectivity index (χ4v) is 5.66. The van der Waals surface area contributed by atoms with Crippen LogP contribution in [0.25, 0.3) is 22.3 Å². The van der Waals surface area contributed by atoms with Gasteiger partial charge in [-0.1, -0.05) is 34.0 Å². The van der Waals surface area contributed by atoms with Crippen molar-refractivity contribution in [2.45, 2.75) is 51.2 Å². The molecule has 10 heteroatoms. The summed E-state index contributed by atoms with van der Waals surface area (Å²) in [5, 5.41) is 5.52. The molecule has 0 fully saturated rings. The molecule has 7 nitrogen and oxygen atoms in total. The van der Waals surface area contributed by atoms with Crippen molar-refractivity contribution in [3.05, 3.63) is 93.9 Å². The van der Waals surface area contributed by atoms with Crippen LogP contribution in [-0.4, -0.2) is 32.0 Å². The van der Waals surface area contributed by atoms with Crippen LogP contribution in [0.5, 0.6) is 11.5 Å². The van der Waals surface area contributed by atoms with Crippen molar-refractivity contribution in [2.24, 2.45) is 12.8 Å². The number of H-pyrrole nitrogens is 1. The second kappa shape index (κ2) is 12.5. The highest BCUT2D eigenvalue weighted by molar-refractivity contribution is 9.10. The summed E-state index contributed by atoms with van der Waals surface area (Å²) in [6.07, 6.45) is 8.62. The van der Waals surface area contributed by atoms with Gasteiger partial charge in [0.05, 0.1) is 11.0 Å². The number of hydrogen-bond donors (Lipinski definition) is 2. The number of benzene rings is 3. The number of nitrogens with two attached hydrogens (primary N) is 1. The number of aromatic nitrogens is 4. The number of fused-ring (bicyclic) bond motifs is 1. The van der Waals surface area contributed by atoms with E-state index in [0.29, 0.717) is 42.2 Å². The maximum atomic E-state index is 15.4. The van der Waals surface area contributed by atoms with Crippen LogP contribution < -0.4 is 10.5 Å². The van der Waals surface area contributed by atoms with Crippen LogP contribution in [-0.2, 0) is 23.7 Å². The summed E-state index contributed by atoms with van der Waals surface area (Å²) in [6, 6.07) is 15.3. The number of aryl methyl sites for hydroxylation is 1. The Morgan fingerprint density at radius 3 is 2.61 bits per heavy atom. The molecule has 3 N–H and O–H groups in total. The largest absolute Gasteiger partial charge is 0.454 e. The van der Waals surface area contributed by atoms with Gasteiger partial charge in [-0.25, -0.2) is 18.4 Å². The smallest absolute Gasteiger partial charge is 0.168 e. The summed E-state index contributed by atoms with van der Waals surface area (Å²) < 4.78 is 44.8. The van der Waals surface area contributed by atoms with Crippen molar-refractivity contribution in [2.75, 3.05) is 6.61 Å². The molecule has 0 aliphatic rings. The third-order valence-electron chi connectivity index (χ3n) is 7.82. The number of terminal acetylenes is 1. The molecule has 5 rings (SSSR count). The summed E-state index contributed by atoms with van der Waals surface area (Å²) in [7, 11) is 1.71. The maximum absolute atomic E-state index is 15.4. The molecule has 0 saturated heterocycles. The van der Waals surface area contributed by atoms with Crippen LogP contribution in [0.15, 0.2) is 65.3 Å². The molecule has 44 heavy (non-hydrogen) atoms. The fraction of sp³-hybridized carbons (Fsp3) is 0.294. The average Bonchev–Trinajstić information content (AvgIpc) is 3.63. The molecule has 0 aliphatic heterocycles. The lowest BCUT2D eigenvalue weighted by Crippen LogP contribution is -2.28. The highest BCUT2D eigenvalue weighted by atomic mass is 79.9. The minimum absolute atomic E-state index is 0.00623. The first-order valence-electron chi connectivity index (χ1n) is 14.2. The molecule has 2 heterocycles. The first-order valence-corrected chi connectivity index (χ1v) is 15.0. The fourth-order valence-electron chi connectivity index (χ4n) is 5.26. The Kier molecular flexibility index (Phi) is 8.93. The van der Waals surface area contributed by atoms with Gasteiger partial charge in [-0.2, -0.15) is 5.10 Å². The molecule has 0 bridgehead atoms.